The molecule has 1 amide bonds. The molecule has 1 aliphatic heterocycles. The first-order valence-corrected chi connectivity index (χ1v) is 10.8. The van der Waals surface area contributed by atoms with Crippen molar-refractivity contribution < 1.29 is 14.3 Å². The van der Waals surface area contributed by atoms with Crippen LogP contribution in [0.15, 0.2) is 47.4 Å². The van der Waals surface area contributed by atoms with Crippen molar-refractivity contribution in [2.75, 3.05) is 12.9 Å². The van der Waals surface area contributed by atoms with E-state index in [1.54, 1.807) is 18.9 Å². The number of thioether (sulfide) groups is 1. The van der Waals surface area contributed by atoms with Gasteiger partial charge in [0.25, 0.3) is 0 Å². The minimum absolute atomic E-state index is 0.0631. The second-order valence-electron chi connectivity index (χ2n) is 7.50. The van der Waals surface area contributed by atoms with Gasteiger partial charge in [-0.15, -0.1) is 11.8 Å². The Labute approximate surface area is 175 Å². The lowest BCUT2D eigenvalue weighted by Gasteiger charge is -2.38. The first-order chi connectivity index (χ1) is 13.4. The Hall–Kier alpha value is -1.85. The second kappa shape index (κ2) is 9.10. The lowest BCUT2D eigenvalue weighted by atomic mass is 9.89. The van der Waals surface area contributed by atoms with Gasteiger partial charge in [-0.1, -0.05) is 11.6 Å². The number of nitrogens with one attached hydrogen (secondary N) is 1. The molecule has 1 aliphatic rings. The number of methoxy groups -OCH3 is 1. The molecular formula is C22H26ClNO3S. The number of hydrogen-bond donors (Lipinski definition) is 1. The van der Waals surface area contributed by atoms with E-state index < -0.39 is 0 Å². The van der Waals surface area contributed by atoms with Crippen molar-refractivity contribution in [2.24, 2.45) is 0 Å². The van der Waals surface area contributed by atoms with Crippen molar-refractivity contribution in [2.45, 2.75) is 49.6 Å². The number of ether oxygens (including phenoxy) is 2. The van der Waals surface area contributed by atoms with Gasteiger partial charge in [0, 0.05) is 28.3 Å². The van der Waals surface area contributed by atoms with Crippen LogP contribution < -0.4 is 14.8 Å². The lowest BCUT2D eigenvalue weighted by Crippen LogP contribution is -2.41. The number of carbonyl (C=O) groups excluding carboxylic acids is 1. The summed E-state index contributed by atoms with van der Waals surface area (Å²) < 4.78 is 11.4. The van der Waals surface area contributed by atoms with E-state index in [1.165, 1.54) is 0 Å². The summed E-state index contributed by atoms with van der Waals surface area (Å²) in [5.74, 6) is 2.52. The monoisotopic (exact) mass is 419 g/mol. The van der Waals surface area contributed by atoms with Crippen LogP contribution in [0, 0.1) is 0 Å². The van der Waals surface area contributed by atoms with Gasteiger partial charge in [0.2, 0.25) is 5.91 Å². The van der Waals surface area contributed by atoms with Gasteiger partial charge >= 0.3 is 0 Å². The molecule has 2 aromatic rings. The third-order valence-electron chi connectivity index (χ3n) is 4.64. The molecule has 0 fully saturated rings. The smallest absolute Gasteiger partial charge is 0.220 e. The maximum absolute atomic E-state index is 12.5. The van der Waals surface area contributed by atoms with Crippen molar-refractivity contribution in [3.8, 4) is 11.5 Å². The number of hydrogen-bond acceptors (Lipinski definition) is 4. The summed E-state index contributed by atoms with van der Waals surface area (Å²) in [6.45, 7) is 4.09. The van der Waals surface area contributed by atoms with Crippen LogP contribution in [0.4, 0.5) is 0 Å². The molecule has 0 radical (unpaired) electrons. The minimum Gasteiger partial charge on any atom is -0.497 e. The number of fused-ring (bicyclic) bond motifs is 1. The summed E-state index contributed by atoms with van der Waals surface area (Å²) in [6, 6.07) is 13.4. The molecule has 1 N–H and O–H groups in total. The number of amides is 1. The van der Waals surface area contributed by atoms with Gasteiger partial charge in [-0.2, -0.15) is 0 Å². The molecular weight excluding hydrogens is 394 g/mol. The van der Waals surface area contributed by atoms with E-state index in [4.69, 9.17) is 21.1 Å². The Morgan fingerprint density at radius 2 is 2.04 bits per heavy atom. The Bertz CT molecular complexity index is 823. The molecule has 2 aromatic carbocycles. The maximum Gasteiger partial charge on any atom is 0.220 e. The lowest BCUT2D eigenvalue weighted by molar-refractivity contribution is -0.122. The predicted octanol–water partition coefficient (Wildman–Crippen LogP) is 5.64. The average Bonchev–Trinajstić information content (AvgIpc) is 2.65. The molecule has 6 heteroatoms. The van der Waals surface area contributed by atoms with Crippen LogP contribution in [0.1, 0.15) is 44.7 Å². The topological polar surface area (TPSA) is 47.6 Å². The molecule has 1 heterocycles. The molecule has 0 spiro atoms. The van der Waals surface area contributed by atoms with Crippen LogP contribution in [0.5, 0.6) is 11.5 Å². The molecule has 0 aliphatic carbocycles. The summed E-state index contributed by atoms with van der Waals surface area (Å²) in [5.41, 5.74) is 0.645. The molecule has 0 saturated carbocycles. The van der Waals surface area contributed by atoms with E-state index in [-0.39, 0.29) is 17.6 Å². The van der Waals surface area contributed by atoms with Crippen molar-refractivity contribution >= 4 is 29.3 Å². The summed E-state index contributed by atoms with van der Waals surface area (Å²) >= 11 is 7.64. The fraction of sp³-hybridized carbons (Fsp3) is 0.409. The Kier molecular flexibility index (Phi) is 6.78. The third-order valence-corrected chi connectivity index (χ3v) is 5.99. The SMILES string of the molecule is COc1ccc2c(c1)[C@H](NC(=O)CCCSc1ccc(Cl)cc1)CC(C)(C)O2. The van der Waals surface area contributed by atoms with Crippen molar-refractivity contribution in [3.05, 3.63) is 53.1 Å². The van der Waals surface area contributed by atoms with Crippen molar-refractivity contribution in [3.63, 3.8) is 0 Å². The van der Waals surface area contributed by atoms with E-state index in [1.807, 2.05) is 56.3 Å². The maximum atomic E-state index is 12.5. The number of carbonyl (C=O) groups is 1. The van der Waals surface area contributed by atoms with E-state index in [2.05, 4.69) is 5.32 Å². The average molecular weight is 420 g/mol. The van der Waals surface area contributed by atoms with Crippen LogP contribution >= 0.6 is 23.4 Å². The quantitative estimate of drug-likeness (QED) is 0.466. The largest absolute Gasteiger partial charge is 0.497 e. The molecule has 1 atom stereocenters. The van der Waals surface area contributed by atoms with Crippen LogP contribution in [0.3, 0.4) is 0 Å². The van der Waals surface area contributed by atoms with Crippen molar-refractivity contribution in [1.82, 2.24) is 5.32 Å². The van der Waals surface area contributed by atoms with Crippen molar-refractivity contribution in [1.29, 1.82) is 0 Å². The zero-order chi connectivity index (χ0) is 20.1. The standard InChI is InChI=1S/C22H26ClNO3S/c1-22(2)14-19(18-13-16(26-3)8-11-20(18)27-22)24-21(25)5-4-12-28-17-9-6-15(23)7-10-17/h6-11,13,19H,4-5,12,14H2,1-3H3,(H,24,25)/t19-/m1/s1. The fourth-order valence-electron chi connectivity index (χ4n) is 3.31. The van der Waals surface area contributed by atoms with Gasteiger partial charge in [0.15, 0.2) is 0 Å². The summed E-state index contributed by atoms with van der Waals surface area (Å²) in [7, 11) is 1.64. The molecule has 150 valence electrons. The van der Waals surface area contributed by atoms with Crippen LogP contribution in [-0.4, -0.2) is 24.4 Å². The Morgan fingerprint density at radius 3 is 2.75 bits per heavy atom. The summed E-state index contributed by atoms with van der Waals surface area (Å²) in [4.78, 5) is 13.7. The van der Waals surface area contributed by atoms with E-state index >= 15 is 0 Å². The van der Waals surface area contributed by atoms with Gasteiger partial charge in [-0.05, 0) is 68.5 Å². The van der Waals surface area contributed by atoms with Gasteiger partial charge < -0.3 is 14.8 Å². The highest BCUT2D eigenvalue weighted by atomic mass is 35.5. The Balaban J connectivity index is 1.55. The number of halogens is 1. The molecule has 0 unspecified atom stereocenters. The highest BCUT2D eigenvalue weighted by Crippen LogP contribution is 2.41. The second-order valence-corrected chi connectivity index (χ2v) is 9.10. The van der Waals surface area contributed by atoms with E-state index in [9.17, 15) is 4.79 Å². The molecule has 3 rings (SSSR count). The Morgan fingerprint density at radius 1 is 1.29 bits per heavy atom. The van der Waals surface area contributed by atoms with Gasteiger partial charge in [-0.3, -0.25) is 4.79 Å². The molecule has 0 aromatic heterocycles. The third kappa shape index (κ3) is 5.58. The summed E-state index contributed by atoms with van der Waals surface area (Å²) in [6.07, 6.45) is 2.03. The zero-order valence-electron chi connectivity index (χ0n) is 16.5. The van der Waals surface area contributed by atoms with Gasteiger partial charge in [0.1, 0.15) is 17.1 Å². The van der Waals surface area contributed by atoms with Crippen LogP contribution in [-0.2, 0) is 4.79 Å². The van der Waals surface area contributed by atoms with Crippen LogP contribution in [0.25, 0.3) is 0 Å². The summed E-state index contributed by atoms with van der Waals surface area (Å²) in [5, 5.41) is 3.92. The molecule has 28 heavy (non-hydrogen) atoms. The number of rotatable bonds is 7. The first kappa shape index (κ1) is 20.9. The molecule has 0 bridgehead atoms. The highest BCUT2D eigenvalue weighted by molar-refractivity contribution is 7.99. The predicted molar refractivity (Wildman–Crippen MR) is 115 cm³/mol. The number of benzene rings is 2. The van der Waals surface area contributed by atoms with Crippen LogP contribution in [0.2, 0.25) is 5.02 Å². The molecule has 0 saturated heterocycles. The minimum atomic E-state index is -0.329. The molecule has 4 nitrogen and oxygen atoms in total. The highest BCUT2D eigenvalue weighted by Gasteiger charge is 2.34. The van der Waals surface area contributed by atoms with Gasteiger partial charge in [-0.25, -0.2) is 0 Å². The fourth-order valence-corrected chi connectivity index (χ4v) is 4.29. The van der Waals surface area contributed by atoms with E-state index in [0.717, 1.165) is 45.6 Å². The first-order valence-electron chi connectivity index (χ1n) is 9.41. The van der Waals surface area contributed by atoms with Gasteiger partial charge in [0.05, 0.1) is 13.2 Å². The van der Waals surface area contributed by atoms with E-state index in [0.29, 0.717) is 6.42 Å². The normalized spacial score (nSPS) is 17.4. The zero-order valence-corrected chi connectivity index (χ0v) is 18.0.